The van der Waals surface area contributed by atoms with Crippen LogP contribution in [0, 0.1) is 6.92 Å². The molecular formula is C13H12BrClN2OS. The summed E-state index contributed by atoms with van der Waals surface area (Å²) in [6.45, 7) is 1.95. The summed E-state index contributed by atoms with van der Waals surface area (Å²) in [5.41, 5.74) is 2.65. The Bertz CT molecular complexity index is 600. The number of amides is 1. The molecule has 0 fully saturated rings. The molecule has 1 N–H and O–H groups in total. The van der Waals surface area contributed by atoms with E-state index in [-0.39, 0.29) is 12.3 Å². The van der Waals surface area contributed by atoms with E-state index in [4.69, 9.17) is 11.6 Å². The Morgan fingerprint density at radius 3 is 2.95 bits per heavy atom. The number of hydrogen-bond acceptors (Lipinski definition) is 3. The van der Waals surface area contributed by atoms with Crippen molar-refractivity contribution < 1.29 is 4.79 Å². The molecule has 100 valence electrons. The summed E-state index contributed by atoms with van der Waals surface area (Å²) >= 11 is 10.5. The van der Waals surface area contributed by atoms with Crippen LogP contribution in [0.3, 0.4) is 0 Å². The summed E-state index contributed by atoms with van der Waals surface area (Å²) in [6, 6.07) is 5.74. The van der Waals surface area contributed by atoms with Gasteiger partial charge in [0, 0.05) is 15.5 Å². The number of nitrogens with one attached hydrogen (secondary N) is 1. The second-order valence-electron chi connectivity index (χ2n) is 4.05. The van der Waals surface area contributed by atoms with Crippen molar-refractivity contribution in [3.05, 3.63) is 44.3 Å². The number of anilines is 1. The lowest BCUT2D eigenvalue weighted by molar-refractivity contribution is -0.115. The predicted molar refractivity (Wildman–Crippen MR) is 82.9 cm³/mol. The second-order valence-corrected chi connectivity index (χ2v) is 6.18. The minimum Gasteiger partial charge on any atom is -0.325 e. The molecule has 0 aliphatic heterocycles. The van der Waals surface area contributed by atoms with E-state index in [1.807, 2.05) is 30.5 Å². The van der Waals surface area contributed by atoms with Gasteiger partial charge in [-0.25, -0.2) is 4.98 Å². The highest BCUT2D eigenvalue weighted by molar-refractivity contribution is 9.10. The largest absolute Gasteiger partial charge is 0.325 e. The first-order chi connectivity index (χ1) is 9.08. The van der Waals surface area contributed by atoms with Crippen LogP contribution in [0.5, 0.6) is 0 Å². The fourth-order valence-electron chi connectivity index (χ4n) is 1.59. The summed E-state index contributed by atoms with van der Waals surface area (Å²) in [6.07, 6.45) is 0.275. The maximum Gasteiger partial charge on any atom is 0.231 e. The van der Waals surface area contributed by atoms with Gasteiger partial charge in [0.05, 0.1) is 18.0 Å². The molecule has 0 saturated carbocycles. The first-order valence-electron chi connectivity index (χ1n) is 5.63. The van der Waals surface area contributed by atoms with Crippen molar-refractivity contribution in [3.8, 4) is 0 Å². The summed E-state index contributed by atoms with van der Waals surface area (Å²) in [4.78, 5) is 16.2. The average molecular weight is 360 g/mol. The Hall–Kier alpha value is -0.910. The van der Waals surface area contributed by atoms with E-state index in [0.717, 1.165) is 26.4 Å². The maximum absolute atomic E-state index is 11.9. The zero-order valence-electron chi connectivity index (χ0n) is 10.2. The van der Waals surface area contributed by atoms with Crippen molar-refractivity contribution in [2.24, 2.45) is 0 Å². The summed E-state index contributed by atoms with van der Waals surface area (Å²) < 4.78 is 0.995. The molecular weight excluding hydrogens is 348 g/mol. The van der Waals surface area contributed by atoms with Gasteiger partial charge in [-0.05, 0) is 30.7 Å². The number of aromatic nitrogens is 1. The minimum absolute atomic E-state index is 0.0686. The van der Waals surface area contributed by atoms with Crippen LogP contribution in [-0.4, -0.2) is 10.9 Å². The molecule has 1 aromatic heterocycles. The van der Waals surface area contributed by atoms with Gasteiger partial charge in [0.25, 0.3) is 0 Å². The number of nitrogens with zero attached hydrogens (tertiary/aromatic N) is 1. The van der Waals surface area contributed by atoms with Gasteiger partial charge in [0.1, 0.15) is 5.01 Å². The molecule has 2 aromatic rings. The predicted octanol–water partition coefficient (Wildman–Crippen LogP) is 4.13. The normalized spacial score (nSPS) is 10.5. The lowest BCUT2D eigenvalue weighted by Crippen LogP contribution is -2.15. The van der Waals surface area contributed by atoms with Crippen LogP contribution < -0.4 is 5.32 Å². The third-order valence-electron chi connectivity index (χ3n) is 2.51. The van der Waals surface area contributed by atoms with Gasteiger partial charge in [-0.1, -0.05) is 15.9 Å². The molecule has 2 rings (SSSR count). The molecule has 1 amide bonds. The molecule has 1 heterocycles. The standard InChI is InChI=1S/C13H12BrClN2OS/c1-8-4-9(14)2-3-11(8)17-12(18)5-13-16-10(6-15)7-19-13/h2-4,7H,5-6H2,1H3,(H,17,18). The number of benzene rings is 1. The van der Waals surface area contributed by atoms with Gasteiger partial charge in [-0.15, -0.1) is 22.9 Å². The first kappa shape index (κ1) is 14.5. The molecule has 6 heteroatoms. The van der Waals surface area contributed by atoms with Crippen molar-refractivity contribution >= 4 is 50.5 Å². The number of rotatable bonds is 4. The van der Waals surface area contributed by atoms with E-state index >= 15 is 0 Å². The molecule has 3 nitrogen and oxygen atoms in total. The molecule has 1 aromatic carbocycles. The zero-order valence-corrected chi connectivity index (χ0v) is 13.4. The number of thiazole rings is 1. The summed E-state index contributed by atoms with van der Waals surface area (Å²) in [7, 11) is 0. The van der Waals surface area contributed by atoms with E-state index in [0.29, 0.717) is 5.88 Å². The number of carbonyl (C=O) groups excluding carboxylic acids is 1. The molecule has 0 atom stereocenters. The molecule has 0 spiro atoms. The van der Waals surface area contributed by atoms with Crippen LogP contribution >= 0.6 is 38.9 Å². The zero-order chi connectivity index (χ0) is 13.8. The molecule has 0 aliphatic carbocycles. The fourth-order valence-corrected chi connectivity index (χ4v) is 3.09. The quantitative estimate of drug-likeness (QED) is 0.834. The van der Waals surface area contributed by atoms with Crippen LogP contribution in [0.15, 0.2) is 28.1 Å². The van der Waals surface area contributed by atoms with Crippen LogP contribution in [0.2, 0.25) is 0 Å². The van der Waals surface area contributed by atoms with Crippen LogP contribution in [0.25, 0.3) is 0 Å². The van der Waals surface area contributed by atoms with Crippen LogP contribution in [-0.2, 0) is 17.1 Å². The lowest BCUT2D eigenvalue weighted by Gasteiger charge is -2.07. The molecule has 0 unspecified atom stereocenters. The third kappa shape index (κ3) is 4.03. The number of alkyl halides is 1. The number of aryl methyl sites for hydroxylation is 1. The van der Waals surface area contributed by atoms with Crippen molar-refractivity contribution in [2.75, 3.05) is 5.32 Å². The topological polar surface area (TPSA) is 42.0 Å². The van der Waals surface area contributed by atoms with Gasteiger partial charge < -0.3 is 5.32 Å². The molecule has 0 radical (unpaired) electrons. The Morgan fingerprint density at radius 2 is 2.32 bits per heavy atom. The SMILES string of the molecule is Cc1cc(Br)ccc1NC(=O)Cc1nc(CCl)cs1. The minimum atomic E-state index is -0.0686. The van der Waals surface area contributed by atoms with Crippen molar-refractivity contribution in [1.82, 2.24) is 4.98 Å². The third-order valence-corrected chi connectivity index (χ3v) is 4.18. The van der Waals surface area contributed by atoms with Crippen LogP contribution in [0.1, 0.15) is 16.3 Å². The maximum atomic E-state index is 11.9. The van der Waals surface area contributed by atoms with Gasteiger partial charge >= 0.3 is 0 Å². The smallest absolute Gasteiger partial charge is 0.231 e. The highest BCUT2D eigenvalue weighted by atomic mass is 79.9. The molecule has 0 bridgehead atoms. The van der Waals surface area contributed by atoms with E-state index in [1.54, 1.807) is 0 Å². The molecule has 19 heavy (non-hydrogen) atoms. The summed E-state index contributed by atoms with van der Waals surface area (Å²) in [5.74, 6) is 0.310. The summed E-state index contributed by atoms with van der Waals surface area (Å²) in [5, 5.41) is 5.54. The van der Waals surface area contributed by atoms with Crippen molar-refractivity contribution in [3.63, 3.8) is 0 Å². The highest BCUT2D eigenvalue weighted by Gasteiger charge is 2.09. The number of halogens is 2. The molecule has 0 saturated heterocycles. The Balaban J connectivity index is 2.01. The second kappa shape index (κ2) is 6.50. The fraction of sp³-hybridized carbons (Fsp3) is 0.231. The lowest BCUT2D eigenvalue weighted by atomic mass is 10.2. The van der Waals surface area contributed by atoms with Crippen molar-refractivity contribution in [2.45, 2.75) is 19.2 Å². The monoisotopic (exact) mass is 358 g/mol. The van der Waals surface area contributed by atoms with E-state index < -0.39 is 0 Å². The average Bonchev–Trinajstić information content (AvgIpc) is 2.80. The van der Waals surface area contributed by atoms with Gasteiger partial charge in [-0.3, -0.25) is 4.79 Å². The van der Waals surface area contributed by atoms with Gasteiger partial charge in [0.2, 0.25) is 5.91 Å². The van der Waals surface area contributed by atoms with E-state index in [1.165, 1.54) is 11.3 Å². The van der Waals surface area contributed by atoms with Crippen molar-refractivity contribution in [1.29, 1.82) is 0 Å². The molecule has 0 aliphatic rings. The first-order valence-corrected chi connectivity index (χ1v) is 7.84. The Labute approximate surface area is 129 Å². The Morgan fingerprint density at radius 1 is 1.53 bits per heavy atom. The Kier molecular flexibility index (Phi) is 4.96. The number of hydrogen-bond donors (Lipinski definition) is 1. The van der Waals surface area contributed by atoms with E-state index in [2.05, 4.69) is 26.2 Å². The van der Waals surface area contributed by atoms with Crippen LogP contribution in [0.4, 0.5) is 5.69 Å². The highest BCUT2D eigenvalue weighted by Crippen LogP contribution is 2.20. The van der Waals surface area contributed by atoms with Gasteiger partial charge in [-0.2, -0.15) is 0 Å². The van der Waals surface area contributed by atoms with E-state index in [9.17, 15) is 4.79 Å². The van der Waals surface area contributed by atoms with Gasteiger partial charge in [0.15, 0.2) is 0 Å². The number of carbonyl (C=O) groups is 1.